The van der Waals surface area contributed by atoms with Crippen molar-refractivity contribution in [1.29, 1.82) is 0 Å². The predicted molar refractivity (Wildman–Crippen MR) is 62.3 cm³/mol. The summed E-state index contributed by atoms with van der Waals surface area (Å²) >= 11 is 0. The molecule has 0 aliphatic carbocycles. The summed E-state index contributed by atoms with van der Waals surface area (Å²) in [6, 6.07) is 0.162. The van der Waals surface area contributed by atoms with Crippen LogP contribution in [0.15, 0.2) is 0 Å². The Balaban J connectivity index is 2.79. The van der Waals surface area contributed by atoms with Crippen LogP contribution in [-0.2, 0) is 10.0 Å². The van der Waals surface area contributed by atoms with Crippen LogP contribution >= 0.6 is 0 Å². The molecule has 0 unspecified atom stereocenters. The standard InChI is InChI=1S/C10H22N2O2S/c1-10(2,3)15(13,14)12(4)9-5-7-11-8-6-9/h9,11H,5-8H2,1-4H3. The largest absolute Gasteiger partial charge is 0.317 e. The van der Waals surface area contributed by atoms with Crippen molar-refractivity contribution >= 4 is 10.0 Å². The number of hydrogen-bond donors (Lipinski definition) is 1. The van der Waals surface area contributed by atoms with E-state index in [1.165, 1.54) is 0 Å². The first-order valence-corrected chi connectivity index (χ1v) is 6.89. The summed E-state index contributed by atoms with van der Waals surface area (Å²) in [7, 11) is -1.47. The molecule has 0 amide bonds. The third-order valence-electron chi connectivity index (χ3n) is 2.98. The number of rotatable bonds is 2. The second-order valence-corrected chi connectivity index (χ2v) is 7.87. The first kappa shape index (κ1) is 12.9. The normalized spacial score (nSPS) is 20.9. The maximum Gasteiger partial charge on any atom is 0.219 e. The molecule has 1 aliphatic heterocycles. The lowest BCUT2D eigenvalue weighted by Gasteiger charge is -2.35. The van der Waals surface area contributed by atoms with Crippen molar-refractivity contribution in [1.82, 2.24) is 9.62 Å². The van der Waals surface area contributed by atoms with Gasteiger partial charge in [0.25, 0.3) is 0 Å². The molecule has 1 fully saturated rings. The molecule has 0 saturated carbocycles. The smallest absolute Gasteiger partial charge is 0.219 e. The summed E-state index contributed by atoms with van der Waals surface area (Å²) < 4.78 is 25.2. The lowest BCUT2D eigenvalue weighted by atomic mass is 10.1. The van der Waals surface area contributed by atoms with E-state index in [0.717, 1.165) is 25.9 Å². The number of sulfonamides is 1. The van der Waals surface area contributed by atoms with Crippen molar-refractivity contribution in [3.05, 3.63) is 0 Å². The van der Waals surface area contributed by atoms with Gasteiger partial charge in [-0.25, -0.2) is 12.7 Å². The van der Waals surface area contributed by atoms with E-state index in [9.17, 15) is 8.42 Å². The second-order valence-electron chi connectivity index (χ2n) is 5.11. The molecule has 0 radical (unpaired) electrons. The highest BCUT2D eigenvalue weighted by atomic mass is 32.2. The van der Waals surface area contributed by atoms with Crippen LogP contribution in [0.25, 0.3) is 0 Å². The zero-order valence-corrected chi connectivity index (χ0v) is 10.9. The Morgan fingerprint density at radius 1 is 1.20 bits per heavy atom. The van der Waals surface area contributed by atoms with Gasteiger partial charge in [-0.05, 0) is 46.7 Å². The average Bonchev–Trinajstić information content (AvgIpc) is 2.16. The van der Waals surface area contributed by atoms with Gasteiger partial charge in [-0.15, -0.1) is 0 Å². The van der Waals surface area contributed by atoms with Crippen molar-refractivity contribution in [3.8, 4) is 0 Å². The second kappa shape index (κ2) is 4.39. The Hall–Kier alpha value is -0.130. The molecule has 0 aromatic heterocycles. The van der Waals surface area contributed by atoms with Crippen LogP contribution in [0.2, 0.25) is 0 Å². The van der Waals surface area contributed by atoms with E-state index < -0.39 is 14.8 Å². The summed E-state index contributed by atoms with van der Waals surface area (Å²) in [5.74, 6) is 0. The third-order valence-corrected chi connectivity index (χ3v) is 5.58. The summed E-state index contributed by atoms with van der Waals surface area (Å²) in [4.78, 5) is 0. The molecule has 1 aliphatic rings. The van der Waals surface area contributed by atoms with Crippen LogP contribution in [-0.4, -0.2) is 43.6 Å². The Bertz CT molecular complexity index is 300. The summed E-state index contributed by atoms with van der Waals surface area (Å²) in [6.07, 6.45) is 1.82. The van der Waals surface area contributed by atoms with E-state index in [1.54, 1.807) is 32.1 Å². The van der Waals surface area contributed by atoms with Crippen LogP contribution < -0.4 is 5.32 Å². The average molecular weight is 234 g/mol. The monoisotopic (exact) mass is 234 g/mol. The zero-order chi connectivity index (χ0) is 11.7. The van der Waals surface area contributed by atoms with Crippen LogP contribution in [0.1, 0.15) is 33.6 Å². The van der Waals surface area contributed by atoms with Gasteiger partial charge < -0.3 is 5.32 Å². The Labute approximate surface area is 93.1 Å². The minimum absolute atomic E-state index is 0.162. The molecule has 0 aromatic rings. The van der Waals surface area contributed by atoms with E-state index in [0.29, 0.717) is 0 Å². The highest BCUT2D eigenvalue weighted by molar-refractivity contribution is 7.90. The number of nitrogens with one attached hydrogen (secondary N) is 1. The van der Waals surface area contributed by atoms with Gasteiger partial charge in [-0.1, -0.05) is 0 Å². The fourth-order valence-electron chi connectivity index (χ4n) is 1.80. The van der Waals surface area contributed by atoms with Crippen LogP contribution in [0.5, 0.6) is 0 Å². The fraction of sp³-hybridized carbons (Fsp3) is 1.00. The molecule has 15 heavy (non-hydrogen) atoms. The van der Waals surface area contributed by atoms with Crippen molar-refractivity contribution in [2.24, 2.45) is 0 Å². The molecule has 0 atom stereocenters. The molecule has 1 heterocycles. The first-order valence-electron chi connectivity index (χ1n) is 5.45. The molecule has 0 aromatic carbocycles. The molecule has 4 nitrogen and oxygen atoms in total. The number of hydrogen-bond acceptors (Lipinski definition) is 3. The van der Waals surface area contributed by atoms with Crippen molar-refractivity contribution < 1.29 is 8.42 Å². The van der Waals surface area contributed by atoms with Gasteiger partial charge in [0.05, 0.1) is 4.75 Å². The minimum Gasteiger partial charge on any atom is -0.317 e. The van der Waals surface area contributed by atoms with Crippen LogP contribution in [0, 0.1) is 0 Å². The Kier molecular flexibility index (Phi) is 3.79. The van der Waals surface area contributed by atoms with Gasteiger partial charge in [0.2, 0.25) is 10.0 Å². The Morgan fingerprint density at radius 3 is 2.07 bits per heavy atom. The van der Waals surface area contributed by atoms with Gasteiger partial charge in [0.1, 0.15) is 0 Å². The first-order chi connectivity index (χ1) is 6.77. The molecule has 0 spiro atoms. The molecular weight excluding hydrogens is 212 g/mol. The molecular formula is C10H22N2O2S. The van der Waals surface area contributed by atoms with Gasteiger partial charge in [-0.3, -0.25) is 0 Å². The maximum atomic E-state index is 12.2. The predicted octanol–water partition coefficient (Wildman–Crippen LogP) is 0.798. The van der Waals surface area contributed by atoms with Crippen LogP contribution in [0.3, 0.4) is 0 Å². The van der Waals surface area contributed by atoms with Gasteiger partial charge in [0.15, 0.2) is 0 Å². The zero-order valence-electron chi connectivity index (χ0n) is 10.1. The summed E-state index contributed by atoms with van der Waals surface area (Å²) in [5, 5.41) is 3.24. The fourth-order valence-corrected chi connectivity index (χ4v) is 3.27. The quantitative estimate of drug-likeness (QED) is 0.769. The molecule has 1 N–H and O–H groups in total. The topological polar surface area (TPSA) is 49.4 Å². The van der Waals surface area contributed by atoms with Gasteiger partial charge in [0, 0.05) is 13.1 Å². The van der Waals surface area contributed by atoms with Crippen molar-refractivity contribution in [2.45, 2.75) is 44.4 Å². The van der Waals surface area contributed by atoms with Crippen molar-refractivity contribution in [3.63, 3.8) is 0 Å². The number of nitrogens with zero attached hydrogens (tertiary/aromatic N) is 1. The highest BCUT2D eigenvalue weighted by Gasteiger charge is 2.36. The summed E-state index contributed by atoms with van der Waals surface area (Å²) in [5.41, 5.74) is 0. The molecule has 1 rings (SSSR count). The van der Waals surface area contributed by atoms with E-state index in [2.05, 4.69) is 5.32 Å². The summed E-state index contributed by atoms with van der Waals surface area (Å²) in [6.45, 7) is 7.07. The number of piperidine rings is 1. The molecule has 90 valence electrons. The molecule has 0 bridgehead atoms. The van der Waals surface area contributed by atoms with Crippen LogP contribution in [0.4, 0.5) is 0 Å². The lowest BCUT2D eigenvalue weighted by Crippen LogP contribution is -2.49. The third kappa shape index (κ3) is 2.71. The molecule has 1 saturated heterocycles. The lowest BCUT2D eigenvalue weighted by molar-refractivity contribution is 0.290. The van der Waals surface area contributed by atoms with Crippen molar-refractivity contribution in [2.75, 3.05) is 20.1 Å². The van der Waals surface area contributed by atoms with E-state index in [1.807, 2.05) is 0 Å². The van der Waals surface area contributed by atoms with E-state index in [4.69, 9.17) is 0 Å². The van der Waals surface area contributed by atoms with E-state index >= 15 is 0 Å². The minimum atomic E-state index is -3.17. The van der Waals surface area contributed by atoms with Gasteiger partial charge in [-0.2, -0.15) is 0 Å². The highest BCUT2D eigenvalue weighted by Crippen LogP contribution is 2.23. The maximum absolute atomic E-state index is 12.2. The molecule has 5 heteroatoms. The SMILES string of the molecule is CN(C1CCNCC1)S(=O)(=O)C(C)(C)C. The Morgan fingerprint density at radius 2 is 1.67 bits per heavy atom. The van der Waals surface area contributed by atoms with E-state index in [-0.39, 0.29) is 6.04 Å². The van der Waals surface area contributed by atoms with Gasteiger partial charge >= 0.3 is 0 Å².